The largest absolute Gasteiger partial charge is 0.254 e. The molecule has 0 bridgehead atoms. The van der Waals surface area contributed by atoms with Gasteiger partial charge in [-0.25, -0.2) is 0 Å². The van der Waals surface area contributed by atoms with Gasteiger partial charge in [-0.1, -0.05) is 24.3 Å². The first kappa shape index (κ1) is 10.8. The van der Waals surface area contributed by atoms with Crippen molar-refractivity contribution in [2.45, 2.75) is 0 Å². The Balaban J connectivity index is 0.000000853. The molecule has 3 rings (SSSR count). The molecule has 0 aliphatic rings. The second-order valence-electron chi connectivity index (χ2n) is 3.22. The number of pyridine rings is 2. The molecule has 2 nitrogen and oxygen atoms in total. The zero-order valence-corrected chi connectivity index (χ0v) is 10.4. The number of rotatable bonds is 0. The third kappa shape index (κ3) is 1.85. The Hall–Kier alpha value is -0.700. The van der Waals surface area contributed by atoms with Crippen LogP contribution in [0.25, 0.3) is 21.8 Å². The van der Waals surface area contributed by atoms with Crippen molar-refractivity contribution in [3.05, 3.63) is 48.8 Å². The van der Waals surface area contributed by atoms with Crippen LogP contribution in [0.15, 0.2) is 48.8 Å². The average Bonchev–Trinajstić information content (AvgIpc) is 2.29. The fourth-order valence-corrected chi connectivity index (χ4v) is 1.68. The van der Waals surface area contributed by atoms with Crippen LogP contribution in [0.2, 0.25) is 0 Å². The van der Waals surface area contributed by atoms with Crippen LogP contribution in [-0.4, -0.2) is 47.7 Å². The summed E-state index contributed by atoms with van der Waals surface area (Å²) < 4.78 is 0. The molecule has 0 saturated carbocycles. The van der Waals surface area contributed by atoms with Gasteiger partial charge in [0.05, 0.1) is 11.0 Å². The molecule has 2 aromatic heterocycles. The van der Waals surface area contributed by atoms with E-state index in [1.54, 1.807) is 12.4 Å². The zero-order valence-electron chi connectivity index (χ0n) is 8.22. The smallest absolute Gasteiger partial charge is 0.0964 e. The molecule has 2 heterocycles. The van der Waals surface area contributed by atoms with Gasteiger partial charge in [-0.3, -0.25) is 9.97 Å². The van der Waals surface area contributed by atoms with Gasteiger partial charge < -0.3 is 0 Å². The molecule has 0 unspecified atom stereocenters. The standard InChI is InChI=1S/C12H8N2.Ca/c1-3-9-5-6-10-4-2-8-14-12(10)11(9)13-7-1;/h1-8H;. The normalized spacial score (nSPS) is 10.1. The second kappa shape index (κ2) is 4.43. The fourth-order valence-electron chi connectivity index (χ4n) is 1.68. The predicted octanol–water partition coefficient (Wildman–Crippen LogP) is 2.40. The predicted molar refractivity (Wildman–Crippen MR) is 62.8 cm³/mol. The quantitative estimate of drug-likeness (QED) is 0.429. The Morgan fingerprint density at radius 3 is 1.60 bits per heavy atom. The van der Waals surface area contributed by atoms with Crippen LogP contribution in [-0.2, 0) is 0 Å². The number of hydrogen-bond donors (Lipinski definition) is 0. The molecule has 15 heavy (non-hydrogen) atoms. The molecule has 0 atom stereocenters. The molecular weight excluding hydrogens is 212 g/mol. The van der Waals surface area contributed by atoms with Crippen molar-refractivity contribution >= 4 is 59.5 Å². The minimum absolute atomic E-state index is 0. The van der Waals surface area contributed by atoms with Crippen LogP contribution < -0.4 is 0 Å². The van der Waals surface area contributed by atoms with Crippen molar-refractivity contribution in [1.82, 2.24) is 9.97 Å². The van der Waals surface area contributed by atoms with Crippen LogP contribution in [0, 0.1) is 0 Å². The maximum Gasteiger partial charge on any atom is 0.0964 e. The summed E-state index contributed by atoms with van der Waals surface area (Å²) in [4.78, 5) is 8.69. The first-order valence-corrected chi connectivity index (χ1v) is 4.53. The van der Waals surface area contributed by atoms with E-state index in [-0.39, 0.29) is 37.7 Å². The van der Waals surface area contributed by atoms with Gasteiger partial charge in [-0.05, 0) is 12.1 Å². The summed E-state index contributed by atoms with van der Waals surface area (Å²) in [6.07, 6.45) is 3.60. The van der Waals surface area contributed by atoms with E-state index in [1.165, 1.54) is 0 Å². The zero-order chi connectivity index (χ0) is 9.38. The first-order chi connectivity index (χ1) is 6.95. The molecule has 2 radical (unpaired) electrons. The van der Waals surface area contributed by atoms with E-state index in [1.807, 2.05) is 12.1 Å². The van der Waals surface area contributed by atoms with Crippen LogP contribution in [0.4, 0.5) is 0 Å². The molecule has 1 aromatic carbocycles. The van der Waals surface area contributed by atoms with Gasteiger partial charge in [-0.15, -0.1) is 0 Å². The van der Waals surface area contributed by atoms with E-state index in [4.69, 9.17) is 0 Å². The van der Waals surface area contributed by atoms with Crippen molar-refractivity contribution < 1.29 is 0 Å². The Morgan fingerprint density at radius 2 is 1.13 bits per heavy atom. The van der Waals surface area contributed by atoms with Gasteiger partial charge >= 0.3 is 0 Å². The molecule has 0 saturated heterocycles. The molecule has 0 N–H and O–H groups in total. The summed E-state index contributed by atoms with van der Waals surface area (Å²) >= 11 is 0. The van der Waals surface area contributed by atoms with Crippen molar-refractivity contribution in [3.8, 4) is 0 Å². The number of fused-ring (bicyclic) bond motifs is 3. The van der Waals surface area contributed by atoms with E-state index in [2.05, 4.69) is 34.2 Å². The number of hydrogen-bond acceptors (Lipinski definition) is 2. The molecule has 0 aliphatic carbocycles. The molecule has 0 spiro atoms. The number of aromatic nitrogens is 2. The number of benzene rings is 1. The SMILES string of the molecule is [Ca].c1cnc2c(c1)ccc1cccnc12. The van der Waals surface area contributed by atoms with E-state index in [0.29, 0.717) is 0 Å². The first-order valence-electron chi connectivity index (χ1n) is 4.53. The second-order valence-corrected chi connectivity index (χ2v) is 3.22. The third-order valence-corrected chi connectivity index (χ3v) is 2.34. The summed E-state index contributed by atoms with van der Waals surface area (Å²) in [6.45, 7) is 0. The van der Waals surface area contributed by atoms with E-state index < -0.39 is 0 Å². The molecule has 68 valence electrons. The topological polar surface area (TPSA) is 25.8 Å². The van der Waals surface area contributed by atoms with Crippen molar-refractivity contribution in [2.24, 2.45) is 0 Å². The summed E-state index contributed by atoms with van der Waals surface area (Å²) in [5, 5.41) is 2.28. The molecule has 3 aromatic rings. The van der Waals surface area contributed by atoms with Crippen molar-refractivity contribution in [2.75, 3.05) is 0 Å². The minimum atomic E-state index is 0. The van der Waals surface area contributed by atoms with Gasteiger partial charge in [-0.2, -0.15) is 0 Å². The van der Waals surface area contributed by atoms with E-state index >= 15 is 0 Å². The summed E-state index contributed by atoms with van der Waals surface area (Å²) in [7, 11) is 0. The van der Waals surface area contributed by atoms with Gasteiger partial charge in [0, 0.05) is 60.9 Å². The molecule has 0 amide bonds. The Bertz CT molecular complexity index is 553. The van der Waals surface area contributed by atoms with E-state index in [0.717, 1.165) is 21.8 Å². The molecule has 0 fully saturated rings. The van der Waals surface area contributed by atoms with Crippen molar-refractivity contribution in [1.29, 1.82) is 0 Å². The monoisotopic (exact) mass is 220 g/mol. The van der Waals surface area contributed by atoms with Crippen LogP contribution in [0.1, 0.15) is 0 Å². The average molecular weight is 220 g/mol. The molecule has 0 aliphatic heterocycles. The minimum Gasteiger partial charge on any atom is -0.254 e. The Labute approximate surface area is 117 Å². The summed E-state index contributed by atoms with van der Waals surface area (Å²) in [5.74, 6) is 0. The summed E-state index contributed by atoms with van der Waals surface area (Å²) in [5.41, 5.74) is 1.95. The van der Waals surface area contributed by atoms with Crippen LogP contribution >= 0.6 is 0 Å². The van der Waals surface area contributed by atoms with E-state index in [9.17, 15) is 0 Å². The van der Waals surface area contributed by atoms with Gasteiger partial charge in [0.1, 0.15) is 0 Å². The Morgan fingerprint density at radius 1 is 0.667 bits per heavy atom. The molecule has 3 heteroatoms. The third-order valence-electron chi connectivity index (χ3n) is 2.34. The Kier molecular flexibility index (Phi) is 3.19. The maximum atomic E-state index is 4.35. The van der Waals surface area contributed by atoms with Gasteiger partial charge in [0.2, 0.25) is 0 Å². The van der Waals surface area contributed by atoms with Gasteiger partial charge in [0.25, 0.3) is 0 Å². The fraction of sp³-hybridized carbons (Fsp3) is 0. The number of nitrogens with zero attached hydrogens (tertiary/aromatic N) is 2. The summed E-state index contributed by atoms with van der Waals surface area (Å²) in [6, 6.07) is 12.1. The van der Waals surface area contributed by atoms with Gasteiger partial charge in [0.15, 0.2) is 0 Å². The molecular formula is C12H8CaN2. The van der Waals surface area contributed by atoms with Crippen LogP contribution in [0.3, 0.4) is 0 Å². The van der Waals surface area contributed by atoms with Crippen LogP contribution in [0.5, 0.6) is 0 Å². The maximum absolute atomic E-state index is 4.35. The van der Waals surface area contributed by atoms with Crippen molar-refractivity contribution in [3.63, 3.8) is 0 Å².